The van der Waals surface area contributed by atoms with Crippen LogP contribution in [0.25, 0.3) is 11.0 Å². The van der Waals surface area contributed by atoms with E-state index in [1.54, 1.807) is 18.2 Å². The predicted molar refractivity (Wildman–Crippen MR) is 129 cm³/mol. The fourth-order valence-corrected chi connectivity index (χ4v) is 4.08. The lowest BCUT2D eigenvalue weighted by atomic mass is 10.1. The highest BCUT2D eigenvalue weighted by Gasteiger charge is 2.28. The molecule has 1 amide bonds. The molecule has 4 rings (SSSR count). The van der Waals surface area contributed by atoms with E-state index in [1.807, 2.05) is 55.8 Å². The van der Waals surface area contributed by atoms with Gasteiger partial charge in [-0.2, -0.15) is 0 Å². The summed E-state index contributed by atoms with van der Waals surface area (Å²) in [7, 11) is 1.65. The van der Waals surface area contributed by atoms with Crippen molar-refractivity contribution in [2.45, 2.75) is 51.9 Å². The van der Waals surface area contributed by atoms with Gasteiger partial charge in [0.15, 0.2) is 5.65 Å². The van der Waals surface area contributed by atoms with Crippen molar-refractivity contribution in [3.8, 4) is 11.6 Å². The molecule has 0 spiro atoms. The first-order chi connectivity index (χ1) is 15.7. The first kappa shape index (κ1) is 23.4. The van der Waals surface area contributed by atoms with Crippen LogP contribution >= 0.6 is 15.9 Å². The molecule has 2 aromatic heterocycles. The summed E-state index contributed by atoms with van der Waals surface area (Å²) in [6.45, 7) is 7.37. The second kappa shape index (κ2) is 9.59. The highest BCUT2D eigenvalue weighted by molar-refractivity contribution is 9.10. The summed E-state index contributed by atoms with van der Waals surface area (Å²) in [5, 5.41) is 5.59. The second-order valence-electron chi connectivity index (χ2n) is 9.12. The summed E-state index contributed by atoms with van der Waals surface area (Å²) < 4.78 is 19.8. The predicted octanol–water partition coefficient (Wildman–Crippen LogP) is 5.03. The van der Waals surface area contributed by atoms with Gasteiger partial charge in [0, 0.05) is 36.6 Å². The molecule has 8 nitrogen and oxygen atoms in total. The number of pyridine rings is 1. The first-order valence-corrected chi connectivity index (χ1v) is 11.8. The number of ether oxygens (including phenoxy) is 3. The molecule has 176 valence electrons. The molecule has 0 N–H and O–H groups in total. The van der Waals surface area contributed by atoms with Gasteiger partial charge in [0.2, 0.25) is 5.88 Å². The van der Waals surface area contributed by atoms with E-state index in [0.29, 0.717) is 38.4 Å². The Hall–Kier alpha value is -2.81. The topological polar surface area (TPSA) is 78.7 Å². The lowest BCUT2D eigenvalue weighted by Gasteiger charge is -2.33. The van der Waals surface area contributed by atoms with Crippen LogP contribution in [0.15, 0.2) is 41.0 Å². The van der Waals surface area contributed by atoms with Crippen LogP contribution in [0.2, 0.25) is 0 Å². The number of likely N-dealkylation sites (tertiary alicyclic amines) is 1. The van der Waals surface area contributed by atoms with Gasteiger partial charge in [0.1, 0.15) is 17.5 Å². The minimum atomic E-state index is -0.500. The van der Waals surface area contributed by atoms with Gasteiger partial charge in [-0.1, -0.05) is 12.1 Å². The first-order valence-electron chi connectivity index (χ1n) is 11.0. The average Bonchev–Trinajstić information content (AvgIpc) is 3.09. The Labute approximate surface area is 202 Å². The minimum Gasteiger partial charge on any atom is -0.497 e. The lowest BCUT2D eigenvalue weighted by Crippen LogP contribution is -2.44. The molecule has 1 fully saturated rings. The summed E-state index contributed by atoms with van der Waals surface area (Å²) in [6, 6.07) is 9.86. The van der Waals surface area contributed by atoms with Crippen molar-refractivity contribution >= 4 is 33.1 Å². The molecular formula is C24H29BrN4O4. The number of carbonyl (C=O) groups excluding carboxylic acids is 1. The Morgan fingerprint density at radius 2 is 1.88 bits per heavy atom. The van der Waals surface area contributed by atoms with E-state index in [1.165, 1.54) is 0 Å². The molecule has 0 atom stereocenters. The van der Waals surface area contributed by atoms with Gasteiger partial charge in [-0.05, 0) is 60.5 Å². The third kappa shape index (κ3) is 5.76. The van der Waals surface area contributed by atoms with Gasteiger partial charge >= 0.3 is 6.09 Å². The molecule has 9 heteroatoms. The van der Waals surface area contributed by atoms with Gasteiger partial charge in [0.25, 0.3) is 0 Å². The number of carbonyl (C=O) groups is 1. The number of fused-ring (bicyclic) bond motifs is 1. The molecule has 0 bridgehead atoms. The van der Waals surface area contributed by atoms with E-state index in [0.717, 1.165) is 26.8 Å². The zero-order valence-electron chi connectivity index (χ0n) is 19.4. The number of methoxy groups -OCH3 is 1. The second-order valence-corrected chi connectivity index (χ2v) is 10.0. The van der Waals surface area contributed by atoms with Gasteiger partial charge in [-0.15, -0.1) is 5.10 Å². The van der Waals surface area contributed by atoms with E-state index in [9.17, 15) is 4.79 Å². The van der Waals surface area contributed by atoms with Crippen LogP contribution < -0.4 is 9.47 Å². The van der Waals surface area contributed by atoms with Crippen LogP contribution in [0, 0.1) is 0 Å². The van der Waals surface area contributed by atoms with Gasteiger partial charge in [-0.25, -0.2) is 14.5 Å². The molecule has 0 saturated carbocycles. The Morgan fingerprint density at radius 3 is 2.52 bits per heavy atom. The Bertz CT molecular complexity index is 1120. The van der Waals surface area contributed by atoms with Crippen molar-refractivity contribution in [1.82, 2.24) is 19.7 Å². The average molecular weight is 517 g/mol. The van der Waals surface area contributed by atoms with Gasteiger partial charge in [-0.3, -0.25) is 0 Å². The van der Waals surface area contributed by atoms with Gasteiger partial charge in [0.05, 0.1) is 19.0 Å². The van der Waals surface area contributed by atoms with Crippen LogP contribution in [-0.2, 0) is 11.3 Å². The lowest BCUT2D eigenvalue weighted by molar-refractivity contribution is 0.0123. The van der Waals surface area contributed by atoms with Crippen LogP contribution in [-0.4, -0.2) is 57.7 Å². The van der Waals surface area contributed by atoms with Crippen LogP contribution in [0.5, 0.6) is 11.6 Å². The largest absolute Gasteiger partial charge is 0.497 e. The monoisotopic (exact) mass is 516 g/mol. The molecule has 0 radical (unpaired) electrons. The molecule has 1 aromatic carbocycles. The zero-order valence-corrected chi connectivity index (χ0v) is 21.0. The third-order valence-electron chi connectivity index (χ3n) is 5.38. The number of halogens is 1. The van der Waals surface area contributed by atoms with Crippen molar-refractivity contribution in [2.24, 2.45) is 0 Å². The van der Waals surface area contributed by atoms with Crippen LogP contribution in [0.3, 0.4) is 0 Å². The van der Waals surface area contributed by atoms with E-state index in [2.05, 4.69) is 20.9 Å². The number of rotatable bonds is 5. The number of piperidine rings is 1. The maximum atomic E-state index is 12.3. The molecule has 1 saturated heterocycles. The van der Waals surface area contributed by atoms with E-state index < -0.39 is 5.60 Å². The Morgan fingerprint density at radius 1 is 1.18 bits per heavy atom. The molecule has 3 aromatic rings. The summed E-state index contributed by atoms with van der Waals surface area (Å²) in [6.07, 6.45) is 2.89. The van der Waals surface area contributed by atoms with E-state index >= 15 is 0 Å². The van der Waals surface area contributed by atoms with Crippen molar-refractivity contribution in [3.05, 3.63) is 46.6 Å². The van der Waals surface area contributed by atoms with Crippen molar-refractivity contribution < 1.29 is 19.0 Å². The fourth-order valence-electron chi connectivity index (χ4n) is 3.75. The normalized spacial score (nSPS) is 15.0. The number of aromatic nitrogens is 3. The smallest absolute Gasteiger partial charge is 0.410 e. The molecule has 0 unspecified atom stereocenters. The van der Waals surface area contributed by atoms with Crippen molar-refractivity contribution in [3.63, 3.8) is 0 Å². The SMILES string of the molecule is COc1ccc(Cn2nc(OC3CCN(C(=O)OC(C)(C)C)CC3)c3cc(Br)cnc32)cc1. The number of nitrogens with zero attached hydrogens (tertiary/aromatic N) is 4. The third-order valence-corrected chi connectivity index (χ3v) is 5.82. The Balaban J connectivity index is 1.48. The van der Waals surface area contributed by atoms with Crippen LogP contribution in [0.1, 0.15) is 39.2 Å². The standard InChI is InChI=1S/C24H29BrN4O4/c1-24(2,3)33-23(30)28-11-9-19(10-12-28)32-22-20-13-17(25)14-26-21(20)29(27-22)15-16-5-7-18(31-4)8-6-16/h5-8,13-14,19H,9-12,15H2,1-4H3. The van der Waals surface area contributed by atoms with Crippen molar-refractivity contribution in [1.29, 1.82) is 0 Å². The minimum absolute atomic E-state index is 0.0322. The molecule has 3 heterocycles. The summed E-state index contributed by atoms with van der Waals surface area (Å²) in [5.74, 6) is 1.37. The Kier molecular flexibility index (Phi) is 6.78. The fraction of sp³-hybridized carbons (Fsp3) is 0.458. The maximum absolute atomic E-state index is 12.3. The summed E-state index contributed by atoms with van der Waals surface area (Å²) in [4.78, 5) is 18.6. The molecule has 1 aliphatic heterocycles. The zero-order chi connectivity index (χ0) is 23.6. The van der Waals surface area contributed by atoms with Crippen molar-refractivity contribution in [2.75, 3.05) is 20.2 Å². The molecule has 1 aliphatic rings. The maximum Gasteiger partial charge on any atom is 0.410 e. The molecule has 33 heavy (non-hydrogen) atoms. The number of amides is 1. The number of hydrogen-bond donors (Lipinski definition) is 0. The van der Waals surface area contributed by atoms with E-state index in [4.69, 9.17) is 19.3 Å². The summed E-state index contributed by atoms with van der Waals surface area (Å²) >= 11 is 3.50. The van der Waals surface area contributed by atoms with Gasteiger partial charge < -0.3 is 19.1 Å². The molecule has 0 aliphatic carbocycles. The quantitative estimate of drug-likeness (QED) is 0.473. The number of benzene rings is 1. The summed E-state index contributed by atoms with van der Waals surface area (Å²) in [5.41, 5.74) is 1.35. The highest BCUT2D eigenvalue weighted by atomic mass is 79.9. The molecular weight excluding hydrogens is 488 g/mol. The van der Waals surface area contributed by atoms with Crippen LogP contribution in [0.4, 0.5) is 4.79 Å². The van der Waals surface area contributed by atoms with E-state index in [-0.39, 0.29) is 12.2 Å². The number of hydrogen-bond acceptors (Lipinski definition) is 6. The highest BCUT2D eigenvalue weighted by Crippen LogP contribution is 2.29.